The number of carboxylic acid groups (broad SMARTS) is 1. The van der Waals surface area contributed by atoms with E-state index in [0.29, 0.717) is 15.7 Å². The monoisotopic (exact) mass is 289 g/mol. The lowest BCUT2D eigenvalue weighted by atomic mass is 10.2. The summed E-state index contributed by atoms with van der Waals surface area (Å²) in [5, 5.41) is 11.6. The van der Waals surface area contributed by atoms with Crippen molar-refractivity contribution < 1.29 is 14.7 Å². The summed E-state index contributed by atoms with van der Waals surface area (Å²) in [4.78, 5) is 31.0. The van der Waals surface area contributed by atoms with Gasteiger partial charge in [0.25, 0.3) is 5.91 Å². The number of pyridine rings is 1. The minimum absolute atomic E-state index is 0.338. The smallest absolute Gasteiger partial charge is 0.328 e. The Morgan fingerprint density at radius 2 is 2.20 bits per heavy atom. The first-order chi connectivity index (χ1) is 9.56. The average molecular weight is 289 g/mol. The van der Waals surface area contributed by atoms with Crippen LogP contribution >= 0.6 is 11.3 Å². The van der Waals surface area contributed by atoms with Gasteiger partial charge in [-0.2, -0.15) is 0 Å². The van der Waals surface area contributed by atoms with E-state index in [1.807, 2.05) is 0 Å². The summed E-state index contributed by atoms with van der Waals surface area (Å²) in [5.74, 6) is -1.38. The van der Waals surface area contributed by atoms with Crippen LogP contribution in [0.5, 0.6) is 0 Å². The molecule has 2 aromatic rings. The van der Waals surface area contributed by atoms with E-state index in [0.717, 1.165) is 11.6 Å². The summed E-state index contributed by atoms with van der Waals surface area (Å²) in [5.41, 5.74) is 1.11. The highest BCUT2D eigenvalue weighted by Gasteiger charge is 2.11. The molecule has 0 fully saturated rings. The fourth-order valence-corrected chi connectivity index (χ4v) is 2.17. The molecule has 0 aliphatic heterocycles. The van der Waals surface area contributed by atoms with Crippen LogP contribution in [0.1, 0.15) is 20.9 Å². The molecular formula is C13H11N3O3S. The number of nitrogens with one attached hydrogen (secondary N) is 1. The first-order valence-corrected chi connectivity index (χ1v) is 6.47. The number of carboxylic acids is 1. The van der Waals surface area contributed by atoms with Gasteiger partial charge in [0, 0.05) is 23.3 Å². The maximum absolute atomic E-state index is 12.0. The Morgan fingerprint density at radius 1 is 1.40 bits per heavy atom. The number of aliphatic carboxylic acids is 1. The first-order valence-electron chi connectivity index (χ1n) is 5.66. The van der Waals surface area contributed by atoms with Crippen LogP contribution in [0.25, 0.3) is 6.08 Å². The van der Waals surface area contributed by atoms with Gasteiger partial charge in [-0.25, -0.2) is 9.78 Å². The van der Waals surface area contributed by atoms with Crippen molar-refractivity contribution in [1.82, 2.24) is 9.97 Å². The van der Waals surface area contributed by atoms with Gasteiger partial charge in [0.1, 0.15) is 5.69 Å². The Kier molecular flexibility index (Phi) is 4.21. The van der Waals surface area contributed by atoms with Crippen LogP contribution in [0.4, 0.5) is 5.13 Å². The summed E-state index contributed by atoms with van der Waals surface area (Å²) in [7, 11) is 0. The fourth-order valence-electron chi connectivity index (χ4n) is 1.45. The highest BCUT2D eigenvalue weighted by molar-refractivity contribution is 7.16. The van der Waals surface area contributed by atoms with E-state index in [1.165, 1.54) is 23.6 Å². The lowest BCUT2D eigenvalue weighted by Crippen LogP contribution is -2.14. The fraction of sp³-hybridized carbons (Fsp3) is 0.0769. The number of anilines is 1. The third kappa shape index (κ3) is 3.48. The predicted molar refractivity (Wildman–Crippen MR) is 75.7 cm³/mol. The van der Waals surface area contributed by atoms with E-state index in [-0.39, 0.29) is 5.91 Å². The zero-order valence-corrected chi connectivity index (χ0v) is 11.3. The lowest BCUT2D eigenvalue weighted by Gasteiger charge is -2.03. The van der Waals surface area contributed by atoms with E-state index in [4.69, 9.17) is 5.11 Å². The van der Waals surface area contributed by atoms with Crippen molar-refractivity contribution >= 4 is 34.4 Å². The molecule has 0 unspecified atom stereocenters. The number of amides is 1. The van der Waals surface area contributed by atoms with Crippen LogP contribution < -0.4 is 5.32 Å². The zero-order chi connectivity index (χ0) is 14.5. The van der Waals surface area contributed by atoms with Gasteiger partial charge in [-0.15, -0.1) is 0 Å². The minimum Gasteiger partial charge on any atom is -0.478 e. The van der Waals surface area contributed by atoms with Crippen LogP contribution in [0, 0.1) is 6.92 Å². The van der Waals surface area contributed by atoms with Gasteiger partial charge in [-0.3, -0.25) is 15.1 Å². The molecule has 2 rings (SSSR count). The van der Waals surface area contributed by atoms with Crippen molar-refractivity contribution in [2.75, 3.05) is 5.32 Å². The molecule has 7 heteroatoms. The van der Waals surface area contributed by atoms with Gasteiger partial charge in [0.15, 0.2) is 5.13 Å². The number of aryl methyl sites for hydroxylation is 1. The molecule has 2 heterocycles. The van der Waals surface area contributed by atoms with Crippen molar-refractivity contribution in [3.05, 3.63) is 46.7 Å². The second-order valence-electron chi connectivity index (χ2n) is 3.86. The number of hydrogen-bond acceptors (Lipinski definition) is 5. The van der Waals surface area contributed by atoms with Gasteiger partial charge in [-0.05, 0) is 24.6 Å². The number of thiazole rings is 1. The molecule has 1 amide bonds. The molecule has 2 N–H and O–H groups in total. The van der Waals surface area contributed by atoms with E-state index >= 15 is 0 Å². The molecule has 0 bridgehead atoms. The highest BCUT2D eigenvalue weighted by Crippen LogP contribution is 2.20. The van der Waals surface area contributed by atoms with E-state index in [9.17, 15) is 9.59 Å². The summed E-state index contributed by atoms with van der Waals surface area (Å²) >= 11 is 1.18. The van der Waals surface area contributed by atoms with Crippen molar-refractivity contribution in [3.63, 3.8) is 0 Å². The molecule has 102 valence electrons. The van der Waals surface area contributed by atoms with Gasteiger partial charge < -0.3 is 5.11 Å². The Bertz CT molecular complexity index is 679. The van der Waals surface area contributed by atoms with E-state index in [1.54, 1.807) is 25.3 Å². The summed E-state index contributed by atoms with van der Waals surface area (Å²) in [6.07, 6.45) is 5.47. The molecule has 2 aromatic heterocycles. The van der Waals surface area contributed by atoms with Crippen LogP contribution in [-0.2, 0) is 4.79 Å². The highest BCUT2D eigenvalue weighted by atomic mass is 32.1. The molecule has 6 nitrogen and oxygen atoms in total. The Labute approximate surface area is 118 Å². The van der Waals surface area contributed by atoms with E-state index in [2.05, 4.69) is 15.3 Å². The Hall–Kier alpha value is -2.54. The van der Waals surface area contributed by atoms with Crippen molar-refractivity contribution in [1.29, 1.82) is 0 Å². The van der Waals surface area contributed by atoms with E-state index < -0.39 is 5.97 Å². The third-order valence-electron chi connectivity index (χ3n) is 2.36. The molecular weight excluding hydrogens is 278 g/mol. The summed E-state index contributed by atoms with van der Waals surface area (Å²) in [6, 6.07) is 3.55. The zero-order valence-electron chi connectivity index (χ0n) is 10.5. The van der Waals surface area contributed by atoms with Crippen LogP contribution in [0.3, 0.4) is 0 Å². The largest absolute Gasteiger partial charge is 0.478 e. The number of rotatable bonds is 4. The van der Waals surface area contributed by atoms with Crippen molar-refractivity contribution in [3.8, 4) is 0 Å². The van der Waals surface area contributed by atoms with Gasteiger partial charge >= 0.3 is 5.97 Å². The van der Waals surface area contributed by atoms with Crippen molar-refractivity contribution in [2.24, 2.45) is 0 Å². The van der Waals surface area contributed by atoms with Gasteiger partial charge in [0.2, 0.25) is 0 Å². The molecule has 0 saturated heterocycles. The number of aromatic nitrogens is 2. The number of carbonyl (C=O) groups is 2. The van der Waals surface area contributed by atoms with Crippen molar-refractivity contribution in [2.45, 2.75) is 6.92 Å². The molecule has 0 spiro atoms. The predicted octanol–water partition coefficient (Wildman–Crippen LogP) is 2.20. The molecule has 0 saturated carbocycles. The second kappa shape index (κ2) is 6.07. The summed E-state index contributed by atoms with van der Waals surface area (Å²) in [6.45, 7) is 1.80. The van der Waals surface area contributed by atoms with Crippen LogP contribution in [-0.4, -0.2) is 27.0 Å². The second-order valence-corrected chi connectivity index (χ2v) is 4.92. The minimum atomic E-state index is -1.03. The Balaban J connectivity index is 2.09. The molecule has 0 radical (unpaired) electrons. The molecule has 0 aromatic carbocycles. The molecule has 20 heavy (non-hydrogen) atoms. The Morgan fingerprint density at radius 3 is 2.90 bits per heavy atom. The maximum atomic E-state index is 12.0. The number of carbonyl (C=O) groups excluding carboxylic acids is 1. The summed E-state index contributed by atoms with van der Waals surface area (Å²) < 4.78 is 0. The van der Waals surface area contributed by atoms with Gasteiger partial charge in [-0.1, -0.05) is 17.4 Å². The molecule has 0 atom stereocenters. The first kappa shape index (κ1) is 13.9. The topological polar surface area (TPSA) is 92.2 Å². The van der Waals surface area contributed by atoms with Crippen LogP contribution in [0.2, 0.25) is 0 Å². The quantitative estimate of drug-likeness (QED) is 0.842. The third-order valence-corrected chi connectivity index (χ3v) is 3.24. The number of nitrogens with zero attached hydrogens (tertiary/aromatic N) is 2. The molecule has 0 aliphatic carbocycles. The normalized spacial score (nSPS) is 10.7. The van der Waals surface area contributed by atoms with Crippen LogP contribution in [0.15, 0.2) is 30.6 Å². The molecule has 0 aliphatic rings. The SMILES string of the molecule is Cc1cccnc1C(=O)Nc1ncc(C=CC(=O)O)s1. The average Bonchev–Trinajstić information content (AvgIpc) is 2.84. The maximum Gasteiger partial charge on any atom is 0.328 e. The standard InChI is InChI=1S/C13H11N3O3S/c1-8-3-2-6-14-11(8)12(19)16-13-15-7-9(20-13)4-5-10(17)18/h2-7H,1H3,(H,17,18)(H,15,16,19). The lowest BCUT2D eigenvalue weighted by molar-refractivity contribution is -0.131. The number of hydrogen-bond donors (Lipinski definition) is 2. The van der Waals surface area contributed by atoms with Gasteiger partial charge in [0.05, 0.1) is 0 Å².